The molecule has 1 amide bonds. The van der Waals surface area contributed by atoms with Crippen molar-refractivity contribution in [3.8, 4) is 0 Å². The maximum absolute atomic E-state index is 12.3. The molecule has 3 atom stereocenters. The standard InChI is InChI=1S/C17H28N2O4/c1-5-8-15(18-12(4)20)17(23)19-14(11-16(21)22)10-9-13(6-2)7-3/h5-7,12,14-15,18,20H,1-2,8-11H2,3-4H3,(H,19,23)(H,21,22)/b13-7+. The van der Waals surface area contributed by atoms with Crippen LogP contribution in [0.15, 0.2) is 37.0 Å². The Morgan fingerprint density at radius 3 is 2.39 bits per heavy atom. The Morgan fingerprint density at radius 2 is 1.96 bits per heavy atom. The van der Waals surface area contributed by atoms with E-state index in [0.29, 0.717) is 19.3 Å². The first-order valence-electron chi connectivity index (χ1n) is 7.68. The molecule has 0 radical (unpaired) electrons. The van der Waals surface area contributed by atoms with Crippen LogP contribution in [0.5, 0.6) is 0 Å². The lowest BCUT2D eigenvalue weighted by Gasteiger charge is -2.23. The Labute approximate surface area is 138 Å². The first-order valence-corrected chi connectivity index (χ1v) is 7.68. The molecule has 0 fully saturated rings. The van der Waals surface area contributed by atoms with Crippen LogP contribution >= 0.6 is 0 Å². The van der Waals surface area contributed by atoms with Crippen LogP contribution < -0.4 is 10.6 Å². The quantitative estimate of drug-likeness (QED) is 0.249. The van der Waals surface area contributed by atoms with Crippen LogP contribution in [-0.4, -0.2) is 40.4 Å². The van der Waals surface area contributed by atoms with Gasteiger partial charge in [-0.15, -0.1) is 6.58 Å². The topological polar surface area (TPSA) is 98.7 Å². The van der Waals surface area contributed by atoms with E-state index >= 15 is 0 Å². The molecule has 6 nitrogen and oxygen atoms in total. The van der Waals surface area contributed by atoms with Crippen molar-refractivity contribution in [3.05, 3.63) is 37.0 Å². The molecule has 23 heavy (non-hydrogen) atoms. The van der Waals surface area contributed by atoms with Crippen LogP contribution in [0.2, 0.25) is 0 Å². The van der Waals surface area contributed by atoms with E-state index in [1.807, 2.05) is 13.0 Å². The van der Waals surface area contributed by atoms with E-state index in [9.17, 15) is 14.7 Å². The molecule has 3 unspecified atom stereocenters. The Kier molecular flexibility index (Phi) is 10.7. The molecule has 0 heterocycles. The summed E-state index contributed by atoms with van der Waals surface area (Å²) < 4.78 is 0. The minimum Gasteiger partial charge on any atom is -0.481 e. The molecule has 0 aliphatic carbocycles. The molecule has 0 rings (SSSR count). The molecule has 4 N–H and O–H groups in total. The van der Waals surface area contributed by atoms with Crippen LogP contribution in [-0.2, 0) is 9.59 Å². The van der Waals surface area contributed by atoms with Crippen LogP contribution in [0.25, 0.3) is 0 Å². The highest BCUT2D eigenvalue weighted by Crippen LogP contribution is 2.11. The fourth-order valence-electron chi connectivity index (χ4n) is 2.15. The maximum atomic E-state index is 12.3. The molecule has 130 valence electrons. The van der Waals surface area contributed by atoms with Crippen LogP contribution in [0, 0.1) is 0 Å². The van der Waals surface area contributed by atoms with Gasteiger partial charge < -0.3 is 15.5 Å². The summed E-state index contributed by atoms with van der Waals surface area (Å²) in [6, 6.07) is -1.14. The van der Waals surface area contributed by atoms with Crippen molar-refractivity contribution < 1.29 is 19.8 Å². The van der Waals surface area contributed by atoms with Crippen LogP contribution in [0.1, 0.15) is 39.5 Å². The third-order valence-electron chi connectivity index (χ3n) is 3.34. The second-order valence-corrected chi connectivity index (χ2v) is 5.33. The van der Waals surface area contributed by atoms with Crippen molar-refractivity contribution in [2.45, 2.75) is 57.8 Å². The summed E-state index contributed by atoms with van der Waals surface area (Å²) in [7, 11) is 0. The zero-order valence-electron chi connectivity index (χ0n) is 13.9. The van der Waals surface area contributed by atoms with Gasteiger partial charge >= 0.3 is 5.97 Å². The smallest absolute Gasteiger partial charge is 0.305 e. The molecule has 6 heteroatoms. The highest BCUT2D eigenvalue weighted by Gasteiger charge is 2.22. The summed E-state index contributed by atoms with van der Waals surface area (Å²) in [5, 5.41) is 23.8. The lowest BCUT2D eigenvalue weighted by Crippen LogP contribution is -2.50. The first kappa shape index (κ1) is 21.1. The summed E-state index contributed by atoms with van der Waals surface area (Å²) >= 11 is 0. The van der Waals surface area contributed by atoms with Crippen LogP contribution in [0.3, 0.4) is 0 Å². The van der Waals surface area contributed by atoms with E-state index < -0.39 is 24.3 Å². The number of rotatable bonds is 12. The average Bonchev–Trinajstić information content (AvgIpc) is 2.46. The zero-order valence-corrected chi connectivity index (χ0v) is 13.9. The van der Waals surface area contributed by atoms with Gasteiger partial charge in [0.2, 0.25) is 5.91 Å². The summed E-state index contributed by atoms with van der Waals surface area (Å²) in [4.78, 5) is 23.3. The van der Waals surface area contributed by atoms with Gasteiger partial charge in [-0.2, -0.15) is 0 Å². The van der Waals surface area contributed by atoms with E-state index in [-0.39, 0.29) is 12.3 Å². The second kappa shape index (κ2) is 11.6. The zero-order chi connectivity index (χ0) is 17.8. The number of carboxylic acid groups (broad SMARTS) is 1. The summed E-state index contributed by atoms with van der Waals surface area (Å²) in [6.45, 7) is 10.7. The van der Waals surface area contributed by atoms with Gasteiger partial charge in [0.15, 0.2) is 0 Å². The van der Waals surface area contributed by atoms with Gasteiger partial charge in [0.25, 0.3) is 0 Å². The fraction of sp³-hybridized carbons (Fsp3) is 0.529. The molecule has 0 aliphatic rings. The number of aliphatic hydroxyl groups excluding tert-OH is 1. The molecule has 0 saturated carbocycles. The molecular formula is C17H28N2O4. The monoisotopic (exact) mass is 324 g/mol. The number of allylic oxidation sites excluding steroid dienone is 3. The minimum absolute atomic E-state index is 0.157. The molecule has 0 aromatic heterocycles. The van der Waals surface area contributed by atoms with Crippen molar-refractivity contribution >= 4 is 11.9 Å². The van der Waals surface area contributed by atoms with Crippen molar-refractivity contribution in [2.24, 2.45) is 0 Å². The number of carbonyl (C=O) groups excluding carboxylic acids is 1. The lowest BCUT2D eigenvalue weighted by molar-refractivity contribution is -0.137. The Bertz CT molecular complexity index is 444. The molecule has 0 spiro atoms. The molecule has 0 bridgehead atoms. The molecule has 0 saturated heterocycles. The molecule has 0 aromatic rings. The maximum Gasteiger partial charge on any atom is 0.305 e. The highest BCUT2D eigenvalue weighted by molar-refractivity contribution is 5.82. The van der Waals surface area contributed by atoms with E-state index in [0.717, 1.165) is 5.57 Å². The van der Waals surface area contributed by atoms with Gasteiger partial charge in [-0.1, -0.05) is 30.4 Å². The normalized spacial score (nSPS) is 15.3. The number of hydrogen-bond acceptors (Lipinski definition) is 4. The molecular weight excluding hydrogens is 296 g/mol. The fourth-order valence-corrected chi connectivity index (χ4v) is 2.15. The molecule has 0 aromatic carbocycles. The van der Waals surface area contributed by atoms with E-state index in [1.54, 1.807) is 12.2 Å². The first-order chi connectivity index (χ1) is 10.8. The highest BCUT2D eigenvalue weighted by atomic mass is 16.4. The minimum atomic E-state index is -0.973. The Hall–Kier alpha value is -1.92. The van der Waals surface area contributed by atoms with Gasteiger partial charge in [0.1, 0.15) is 6.23 Å². The van der Waals surface area contributed by atoms with Gasteiger partial charge in [0.05, 0.1) is 12.5 Å². The van der Waals surface area contributed by atoms with Gasteiger partial charge in [-0.25, -0.2) is 0 Å². The predicted octanol–water partition coefficient (Wildman–Crippen LogP) is 1.73. The third-order valence-corrected chi connectivity index (χ3v) is 3.34. The van der Waals surface area contributed by atoms with E-state index in [1.165, 1.54) is 6.92 Å². The van der Waals surface area contributed by atoms with Crippen molar-refractivity contribution in [2.75, 3.05) is 0 Å². The number of amides is 1. The SMILES string of the molecule is C=CCC(NC(C)O)C(=O)NC(CC/C(C=C)=C/C)CC(=O)O. The van der Waals surface area contributed by atoms with Crippen molar-refractivity contribution in [3.63, 3.8) is 0 Å². The second-order valence-electron chi connectivity index (χ2n) is 5.33. The largest absolute Gasteiger partial charge is 0.481 e. The number of carboxylic acids is 1. The summed E-state index contributed by atoms with van der Waals surface area (Å²) in [6.07, 6.45) is 5.66. The number of hydrogen-bond donors (Lipinski definition) is 4. The Balaban J connectivity index is 4.83. The summed E-state index contributed by atoms with van der Waals surface area (Å²) in [5.41, 5.74) is 0.999. The van der Waals surface area contributed by atoms with E-state index in [4.69, 9.17) is 5.11 Å². The number of carbonyl (C=O) groups is 2. The predicted molar refractivity (Wildman–Crippen MR) is 90.8 cm³/mol. The van der Waals surface area contributed by atoms with E-state index in [2.05, 4.69) is 23.8 Å². The lowest BCUT2D eigenvalue weighted by atomic mass is 10.0. The Morgan fingerprint density at radius 1 is 1.30 bits per heavy atom. The number of aliphatic hydroxyl groups is 1. The van der Waals surface area contributed by atoms with Gasteiger partial charge in [-0.3, -0.25) is 14.9 Å². The number of nitrogens with one attached hydrogen (secondary N) is 2. The van der Waals surface area contributed by atoms with Crippen LogP contribution in [0.4, 0.5) is 0 Å². The van der Waals surface area contributed by atoms with Crippen molar-refractivity contribution in [1.29, 1.82) is 0 Å². The third kappa shape index (κ3) is 9.65. The number of aliphatic carboxylic acids is 1. The van der Waals surface area contributed by atoms with Gasteiger partial charge in [-0.05, 0) is 33.1 Å². The van der Waals surface area contributed by atoms with Crippen molar-refractivity contribution in [1.82, 2.24) is 10.6 Å². The average molecular weight is 324 g/mol. The molecule has 0 aliphatic heterocycles. The van der Waals surface area contributed by atoms with Gasteiger partial charge in [0, 0.05) is 6.04 Å². The summed E-state index contributed by atoms with van der Waals surface area (Å²) in [5.74, 6) is -1.32.